The molecule has 2 rings (SSSR count). The third-order valence-electron chi connectivity index (χ3n) is 3.86. The molecule has 0 amide bonds. The van der Waals surface area contributed by atoms with Crippen molar-refractivity contribution in [3.8, 4) is 10.4 Å². The molecule has 1 aromatic heterocycles. The molecule has 1 aromatic carbocycles. The lowest BCUT2D eigenvalue weighted by atomic mass is 9.86. The standard InChI is InChI=1S/C19H27NS/c1-6-16(20-7-2)18-13-12-17(21-18)14-8-10-15(11-9-14)19(3,4)5/h8-13,16,20H,6-7H2,1-5H3. The third kappa shape index (κ3) is 3.96. The van der Waals surface area contributed by atoms with Crippen molar-refractivity contribution in [2.24, 2.45) is 0 Å². The number of benzene rings is 1. The van der Waals surface area contributed by atoms with E-state index < -0.39 is 0 Å². The first kappa shape index (κ1) is 16.3. The molecule has 1 atom stereocenters. The zero-order valence-electron chi connectivity index (χ0n) is 13.9. The van der Waals surface area contributed by atoms with E-state index in [1.54, 1.807) is 0 Å². The molecule has 114 valence electrons. The van der Waals surface area contributed by atoms with E-state index in [0.717, 1.165) is 13.0 Å². The Kier molecular flexibility index (Phi) is 5.23. The highest BCUT2D eigenvalue weighted by molar-refractivity contribution is 7.15. The second-order valence-electron chi connectivity index (χ2n) is 6.55. The summed E-state index contributed by atoms with van der Waals surface area (Å²) in [6.45, 7) is 12.2. The van der Waals surface area contributed by atoms with Gasteiger partial charge in [-0.15, -0.1) is 11.3 Å². The highest BCUT2D eigenvalue weighted by Crippen LogP contribution is 2.33. The lowest BCUT2D eigenvalue weighted by Crippen LogP contribution is -2.18. The SMILES string of the molecule is CCNC(CC)c1ccc(-c2ccc(C(C)(C)C)cc2)s1. The van der Waals surface area contributed by atoms with Gasteiger partial charge in [-0.2, -0.15) is 0 Å². The number of rotatable bonds is 5. The molecular formula is C19H27NS. The summed E-state index contributed by atoms with van der Waals surface area (Å²) < 4.78 is 0. The van der Waals surface area contributed by atoms with E-state index in [1.807, 2.05) is 11.3 Å². The lowest BCUT2D eigenvalue weighted by Gasteiger charge is -2.19. The molecule has 0 aliphatic rings. The van der Waals surface area contributed by atoms with Crippen LogP contribution in [0.15, 0.2) is 36.4 Å². The molecule has 0 saturated heterocycles. The molecule has 2 aromatic rings. The molecule has 0 aliphatic carbocycles. The fourth-order valence-corrected chi connectivity index (χ4v) is 3.69. The second kappa shape index (κ2) is 6.76. The minimum absolute atomic E-state index is 0.220. The molecule has 0 bridgehead atoms. The molecule has 1 unspecified atom stereocenters. The van der Waals surface area contributed by atoms with E-state index in [-0.39, 0.29) is 5.41 Å². The van der Waals surface area contributed by atoms with Gasteiger partial charge in [-0.25, -0.2) is 0 Å². The van der Waals surface area contributed by atoms with Gasteiger partial charge in [0.05, 0.1) is 0 Å². The minimum Gasteiger partial charge on any atom is -0.310 e. The van der Waals surface area contributed by atoms with Crippen LogP contribution >= 0.6 is 11.3 Å². The van der Waals surface area contributed by atoms with Gasteiger partial charge in [0.25, 0.3) is 0 Å². The lowest BCUT2D eigenvalue weighted by molar-refractivity contribution is 0.545. The van der Waals surface area contributed by atoms with E-state index in [4.69, 9.17) is 0 Å². The average molecular weight is 301 g/mol. The van der Waals surface area contributed by atoms with Crippen molar-refractivity contribution < 1.29 is 0 Å². The molecule has 21 heavy (non-hydrogen) atoms. The summed E-state index contributed by atoms with van der Waals surface area (Å²) >= 11 is 1.91. The summed E-state index contributed by atoms with van der Waals surface area (Å²) in [6.07, 6.45) is 1.14. The Bertz CT molecular complexity index is 560. The van der Waals surface area contributed by atoms with Crippen molar-refractivity contribution in [2.45, 2.75) is 52.5 Å². The quantitative estimate of drug-likeness (QED) is 0.739. The molecule has 0 spiro atoms. The Morgan fingerprint density at radius 3 is 2.19 bits per heavy atom. The zero-order chi connectivity index (χ0) is 15.5. The maximum Gasteiger partial charge on any atom is 0.0412 e. The van der Waals surface area contributed by atoms with Gasteiger partial charge < -0.3 is 5.32 Å². The first-order valence-corrected chi connectivity index (χ1v) is 8.71. The zero-order valence-corrected chi connectivity index (χ0v) is 14.7. The first-order chi connectivity index (χ1) is 9.95. The van der Waals surface area contributed by atoms with Crippen LogP contribution in [0.5, 0.6) is 0 Å². The summed E-state index contributed by atoms with van der Waals surface area (Å²) in [5, 5.41) is 3.55. The molecule has 1 N–H and O–H groups in total. The molecule has 2 heteroatoms. The van der Waals surface area contributed by atoms with E-state index >= 15 is 0 Å². The van der Waals surface area contributed by atoms with E-state index in [9.17, 15) is 0 Å². The first-order valence-electron chi connectivity index (χ1n) is 7.89. The fourth-order valence-electron chi connectivity index (χ4n) is 2.52. The van der Waals surface area contributed by atoms with Crippen molar-refractivity contribution in [3.63, 3.8) is 0 Å². The van der Waals surface area contributed by atoms with E-state index in [2.05, 4.69) is 76.3 Å². The number of thiophene rings is 1. The molecule has 0 saturated carbocycles. The highest BCUT2D eigenvalue weighted by Gasteiger charge is 2.14. The van der Waals surface area contributed by atoms with Crippen LogP contribution in [0.25, 0.3) is 10.4 Å². The molecule has 1 nitrogen and oxygen atoms in total. The normalized spacial score (nSPS) is 13.4. The molecule has 0 radical (unpaired) electrons. The summed E-state index contributed by atoms with van der Waals surface area (Å²) in [5.41, 5.74) is 2.94. The van der Waals surface area contributed by atoms with Crippen LogP contribution in [0.1, 0.15) is 57.5 Å². The van der Waals surface area contributed by atoms with Crippen LogP contribution in [-0.4, -0.2) is 6.54 Å². The fraction of sp³-hybridized carbons (Fsp3) is 0.474. The number of hydrogen-bond acceptors (Lipinski definition) is 2. The van der Waals surface area contributed by atoms with Gasteiger partial charge >= 0.3 is 0 Å². The molecule has 0 aliphatic heterocycles. The smallest absolute Gasteiger partial charge is 0.0412 e. The molecular weight excluding hydrogens is 274 g/mol. The van der Waals surface area contributed by atoms with Gasteiger partial charge in [0.1, 0.15) is 0 Å². The average Bonchev–Trinajstić information content (AvgIpc) is 2.93. The maximum atomic E-state index is 3.55. The van der Waals surface area contributed by atoms with Gasteiger partial charge in [-0.1, -0.05) is 58.9 Å². The van der Waals surface area contributed by atoms with Gasteiger partial charge in [0, 0.05) is 15.8 Å². The summed E-state index contributed by atoms with van der Waals surface area (Å²) in [5.74, 6) is 0. The minimum atomic E-state index is 0.220. The Morgan fingerprint density at radius 1 is 1.00 bits per heavy atom. The van der Waals surface area contributed by atoms with Crippen LogP contribution in [0.4, 0.5) is 0 Å². The number of nitrogens with one attached hydrogen (secondary N) is 1. The Hall–Kier alpha value is -1.12. The van der Waals surface area contributed by atoms with Crippen LogP contribution < -0.4 is 5.32 Å². The van der Waals surface area contributed by atoms with Gasteiger partial charge in [0.2, 0.25) is 0 Å². The summed E-state index contributed by atoms with van der Waals surface area (Å²) in [7, 11) is 0. The van der Waals surface area contributed by atoms with Crippen LogP contribution in [0, 0.1) is 0 Å². The van der Waals surface area contributed by atoms with Gasteiger partial charge in [-0.3, -0.25) is 0 Å². The number of hydrogen-bond donors (Lipinski definition) is 1. The Morgan fingerprint density at radius 2 is 1.67 bits per heavy atom. The van der Waals surface area contributed by atoms with Crippen molar-refractivity contribution >= 4 is 11.3 Å². The molecule has 0 fully saturated rings. The van der Waals surface area contributed by atoms with Crippen molar-refractivity contribution in [2.75, 3.05) is 6.54 Å². The summed E-state index contributed by atoms with van der Waals surface area (Å²) in [4.78, 5) is 2.80. The topological polar surface area (TPSA) is 12.0 Å². The van der Waals surface area contributed by atoms with Crippen LogP contribution in [-0.2, 0) is 5.41 Å². The predicted octanol–water partition coefficient (Wildman–Crippen LogP) is 5.77. The van der Waals surface area contributed by atoms with Crippen molar-refractivity contribution in [1.82, 2.24) is 5.32 Å². The monoisotopic (exact) mass is 301 g/mol. The predicted molar refractivity (Wildman–Crippen MR) is 95.2 cm³/mol. The largest absolute Gasteiger partial charge is 0.310 e. The maximum absolute atomic E-state index is 3.55. The second-order valence-corrected chi connectivity index (χ2v) is 7.66. The van der Waals surface area contributed by atoms with Crippen molar-refractivity contribution in [3.05, 3.63) is 46.8 Å². The third-order valence-corrected chi connectivity index (χ3v) is 5.11. The Labute approximate surface area is 133 Å². The van der Waals surface area contributed by atoms with Crippen LogP contribution in [0.2, 0.25) is 0 Å². The van der Waals surface area contributed by atoms with E-state index in [0.29, 0.717) is 6.04 Å². The summed E-state index contributed by atoms with van der Waals surface area (Å²) in [6, 6.07) is 14.0. The van der Waals surface area contributed by atoms with Gasteiger partial charge in [0.15, 0.2) is 0 Å². The van der Waals surface area contributed by atoms with Crippen LogP contribution in [0.3, 0.4) is 0 Å². The van der Waals surface area contributed by atoms with Gasteiger partial charge in [-0.05, 0) is 41.6 Å². The highest BCUT2D eigenvalue weighted by atomic mass is 32.1. The molecule has 1 heterocycles. The van der Waals surface area contributed by atoms with E-state index in [1.165, 1.54) is 20.9 Å². The Balaban J connectivity index is 2.21. The van der Waals surface area contributed by atoms with Crippen molar-refractivity contribution in [1.29, 1.82) is 0 Å².